The number of fused-ring (bicyclic) bond motifs is 2. The van der Waals surface area contributed by atoms with Gasteiger partial charge in [-0.05, 0) is 49.0 Å². The second kappa shape index (κ2) is 9.33. The lowest BCUT2D eigenvalue weighted by atomic mass is 9.93. The Hall–Kier alpha value is -3.15. The van der Waals surface area contributed by atoms with Crippen LogP contribution in [-0.2, 0) is 13.0 Å². The lowest BCUT2D eigenvalue weighted by Crippen LogP contribution is -2.37. The smallest absolute Gasteiger partial charge is 0.256 e. The number of hydrogen-bond acceptors (Lipinski definition) is 3. The summed E-state index contributed by atoms with van der Waals surface area (Å²) >= 11 is 0. The molecule has 4 rings (SSSR count). The van der Waals surface area contributed by atoms with Gasteiger partial charge in [-0.3, -0.25) is 14.4 Å². The second-order valence-electron chi connectivity index (χ2n) is 8.57. The van der Waals surface area contributed by atoms with Crippen LogP contribution in [0.1, 0.15) is 45.5 Å². The summed E-state index contributed by atoms with van der Waals surface area (Å²) < 4.78 is 1.78. The molecule has 1 fully saturated rings. The Morgan fingerprint density at radius 1 is 1.03 bits per heavy atom. The Bertz CT molecular complexity index is 1040. The third-order valence-corrected chi connectivity index (χ3v) is 6.46. The molecule has 2 bridgehead atoms. The molecule has 162 valence electrons. The van der Waals surface area contributed by atoms with Crippen LogP contribution in [0.4, 0.5) is 0 Å². The molecule has 2 aromatic rings. The fourth-order valence-electron chi connectivity index (χ4n) is 4.78. The highest BCUT2D eigenvalue weighted by Crippen LogP contribution is 2.42. The molecule has 0 aliphatic heterocycles. The molecule has 2 aliphatic carbocycles. The molecule has 6 heteroatoms. The van der Waals surface area contributed by atoms with Gasteiger partial charge in [0.05, 0.1) is 0 Å². The van der Waals surface area contributed by atoms with Crippen LogP contribution in [0.3, 0.4) is 0 Å². The van der Waals surface area contributed by atoms with Gasteiger partial charge in [-0.2, -0.15) is 0 Å². The highest BCUT2D eigenvalue weighted by atomic mass is 16.2. The third-order valence-electron chi connectivity index (χ3n) is 6.46. The molecular weight excluding hydrogens is 390 g/mol. The van der Waals surface area contributed by atoms with Crippen LogP contribution in [0.25, 0.3) is 0 Å². The number of aromatic nitrogens is 1. The molecule has 0 saturated heterocycles. The minimum atomic E-state index is -0.524. The van der Waals surface area contributed by atoms with Gasteiger partial charge >= 0.3 is 0 Å². The number of carbonyl (C=O) groups excluding carboxylic acids is 2. The molecule has 0 spiro atoms. The van der Waals surface area contributed by atoms with Gasteiger partial charge in [0.1, 0.15) is 11.1 Å². The number of hydrogen-bond donors (Lipinski definition) is 2. The van der Waals surface area contributed by atoms with Crippen molar-refractivity contribution in [2.24, 2.45) is 17.8 Å². The van der Waals surface area contributed by atoms with E-state index in [1.54, 1.807) is 17.0 Å². The van der Waals surface area contributed by atoms with Crippen molar-refractivity contribution in [3.05, 3.63) is 81.8 Å². The number of carbonyl (C=O) groups is 2. The maximum atomic E-state index is 12.9. The number of pyridine rings is 1. The minimum absolute atomic E-state index is 0.00211. The molecule has 0 unspecified atom stereocenters. The first-order valence-electron chi connectivity index (χ1n) is 11.0. The van der Waals surface area contributed by atoms with Gasteiger partial charge in [-0.25, -0.2) is 0 Å². The highest BCUT2D eigenvalue weighted by Gasteiger charge is 2.35. The van der Waals surface area contributed by atoms with Crippen molar-refractivity contribution < 1.29 is 9.59 Å². The van der Waals surface area contributed by atoms with E-state index in [0.29, 0.717) is 30.8 Å². The molecule has 1 heterocycles. The predicted octanol–water partition coefficient (Wildman–Crippen LogP) is 2.78. The van der Waals surface area contributed by atoms with Crippen LogP contribution in [-0.4, -0.2) is 30.0 Å². The van der Waals surface area contributed by atoms with E-state index < -0.39 is 17.2 Å². The van der Waals surface area contributed by atoms with Gasteiger partial charge in [0, 0.05) is 32.5 Å². The van der Waals surface area contributed by atoms with Crippen LogP contribution in [0.2, 0.25) is 0 Å². The Morgan fingerprint density at radius 3 is 2.42 bits per heavy atom. The number of allylic oxidation sites excluding steroid dienone is 2. The Balaban J connectivity index is 1.47. The zero-order chi connectivity index (χ0) is 21.8. The molecular formula is C25H29N3O3. The monoisotopic (exact) mass is 419 g/mol. The topological polar surface area (TPSA) is 80.2 Å². The Morgan fingerprint density at radius 2 is 1.77 bits per heavy atom. The van der Waals surface area contributed by atoms with Crippen LogP contribution in [0.5, 0.6) is 0 Å². The van der Waals surface area contributed by atoms with Crippen molar-refractivity contribution in [3.8, 4) is 0 Å². The quantitative estimate of drug-likeness (QED) is 0.646. The summed E-state index contributed by atoms with van der Waals surface area (Å²) in [6.45, 7) is 1.17. The molecule has 6 nitrogen and oxygen atoms in total. The van der Waals surface area contributed by atoms with Crippen LogP contribution in [0.15, 0.2) is 59.7 Å². The third kappa shape index (κ3) is 4.79. The molecule has 2 N–H and O–H groups in total. The fourth-order valence-corrected chi connectivity index (χ4v) is 4.78. The van der Waals surface area contributed by atoms with Gasteiger partial charge in [-0.15, -0.1) is 0 Å². The highest BCUT2D eigenvalue weighted by molar-refractivity contribution is 5.99. The molecule has 31 heavy (non-hydrogen) atoms. The number of aryl methyl sites for hydroxylation is 2. The van der Waals surface area contributed by atoms with Crippen molar-refractivity contribution in [1.82, 2.24) is 15.2 Å². The predicted molar refractivity (Wildman–Crippen MR) is 120 cm³/mol. The summed E-state index contributed by atoms with van der Waals surface area (Å²) in [5.74, 6) is 0.700. The zero-order valence-electron chi connectivity index (χ0n) is 17.8. The summed E-state index contributed by atoms with van der Waals surface area (Å²) in [5.41, 5.74) is 0.731. The van der Waals surface area contributed by atoms with E-state index in [-0.39, 0.29) is 11.1 Å². The molecule has 2 aliphatic rings. The van der Waals surface area contributed by atoms with Crippen molar-refractivity contribution in [1.29, 1.82) is 0 Å². The van der Waals surface area contributed by atoms with Gasteiger partial charge < -0.3 is 15.2 Å². The molecule has 1 aromatic heterocycles. The summed E-state index contributed by atoms with van der Waals surface area (Å²) in [6, 6.07) is 10.1. The zero-order valence-corrected chi connectivity index (χ0v) is 17.8. The average molecular weight is 420 g/mol. The van der Waals surface area contributed by atoms with Gasteiger partial charge in [0.25, 0.3) is 11.8 Å². The van der Waals surface area contributed by atoms with Crippen molar-refractivity contribution >= 4 is 11.8 Å². The van der Waals surface area contributed by atoms with Crippen molar-refractivity contribution in [2.75, 3.05) is 13.6 Å². The van der Waals surface area contributed by atoms with E-state index in [1.807, 2.05) is 18.2 Å². The largest absolute Gasteiger partial charge is 0.355 e. The molecule has 1 saturated carbocycles. The summed E-state index contributed by atoms with van der Waals surface area (Å²) in [6.07, 6.45) is 11.6. The van der Waals surface area contributed by atoms with Crippen LogP contribution in [0, 0.1) is 17.8 Å². The number of nitrogens with zero attached hydrogens (tertiary/aromatic N) is 1. The minimum Gasteiger partial charge on any atom is -0.355 e. The van der Waals surface area contributed by atoms with Gasteiger partial charge in [-0.1, -0.05) is 42.5 Å². The van der Waals surface area contributed by atoms with E-state index in [0.717, 1.165) is 19.3 Å². The van der Waals surface area contributed by atoms with E-state index in [4.69, 9.17) is 0 Å². The van der Waals surface area contributed by atoms with E-state index in [1.165, 1.54) is 19.0 Å². The molecule has 1 aromatic carbocycles. The maximum absolute atomic E-state index is 12.9. The number of nitrogens with one attached hydrogen (secondary N) is 2. The fraction of sp³-hybridized carbons (Fsp3) is 0.400. The first-order chi connectivity index (χ1) is 15.0. The SMILES string of the molecule is CNC(=O)c1cn(CCCc2ccccc2)cc(C(=O)NC[C@H]2C[C@@H]3C=C[C@H]2C3)c1=O. The Labute approximate surface area is 182 Å². The average Bonchev–Trinajstić information content (AvgIpc) is 3.42. The number of benzene rings is 1. The van der Waals surface area contributed by atoms with E-state index in [9.17, 15) is 14.4 Å². The molecule has 3 atom stereocenters. The van der Waals surface area contributed by atoms with E-state index >= 15 is 0 Å². The lowest BCUT2D eigenvalue weighted by molar-refractivity contribution is 0.0943. The van der Waals surface area contributed by atoms with Crippen molar-refractivity contribution in [3.63, 3.8) is 0 Å². The maximum Gasteiger partial charge on any atom is 0.256 e. The summed E-state index contributed by atoms with van der Waals surface area (Å²) in [5, 5.41) is 5.44. The van der Waals surface area contributed by atoms with Gasteiger partial charge in [0.2, 0.25) is 5.43 Å². The normalized spacial score (nSPS) is 21.3. The summed E-state index contributed by atoms with van der Waals surface area (Å²) in [4.78, 5) is 37.9. The standard InChI is InChI=1S/C25H29N3O3/c1-26-24(30)21-15-28(11-5-8-17-6-3-2-4-7-17)16-22(23(21)29)25(31)27-14-20-13-18-9-10-19(20)12-18/h2-4,6-7,9-10,15-16,18-20H,5,8,11-14H2,1H3,(H,26,30)(H,27,31)/t18-,19+,20-/m1/s1. The lowest BCUT2D eigenvalue weighted by Gasteiger charge is -2.18. The van der Waals surface area contributed by atoms with E-state index in [2.05, 4.69) is 34.9 Å². The Kier molecular flexibility index (Phi) is 6.35. The van der Waals surface area contributed by atoms with Gasteiger partial charge in [0.15, 0.2) is 0 Å². The van der Waals surface area contributed by atoms with Crippen molar-refractivity contribution in [2.45, 2.75) is 32.2 Å². The summed E-state index contributed by atoms with van der Waals surface area (Å²) in [7, 11) is 1.48. The van der Waals surface area contributed by atoms with Crippen LogP contribution >= 0.6 is 0 Å². The first kappa shape index (κ1) is 21.1. The number of amides is 2. The number of rotatable bonds is 8. The first-order valence-corrected chi connectivity index (χ1v) is 11.0. The second-order valence-corrected chi connectivity index (χ2v) is 8.57. The molecule has 2 amide bonds. The van der Waals surface area contributed by atoms with Crippen LogP contribution < -0.4 is 16.1 Å². The molecule has 0 radical (unpaired) electrons.